The first kappa shape index (κ1) is 51.7. The highest BCUT2D eigenvalue weighted by atomic mass is 31.2. The molecule has 1 heterocycles. The third kappa shape index (κ3) is 19.6. The lowest BCUT2D eigenvalue weighted by atomic mass is 9.83. The summed E-state index contributed by atoms with van der Waals surface area (Å²) in [4.78, 5) is 4.21. The van der Waals surface area contributed by atoms with Crippen molar-refractivity contribution < 1.29 is 32.7 Å². The van der Waals surface area contributed by atoms with Crippen molar-refractivity contribution in [1.82, 2.24) is 4.67 Å². The summed E-state index contributed by atoms with van der Waals surface area (Å²) in [5, 5.41) is 0. The van der Waals surface area contributed by atoms with Crippen LogP contribution in [0.5, 0.6) is 11.5 Å². The number of hydrogen-bond donors (Lipinski definition) is 0. The first-order valence-corrected chi connectivity index (χ1v) is 23.8. The second-order valence-corrected chi connectivity index (χ2v) is 19.4. The Morgan fingerprint density at radius 1 is 0.737 bits per heavy atom. The van der Waals surface area contributed by atoms with Crippen molar-refractivity contribution in [2.45, 2.75) is 191 Å². The van der Waals surface area contributed by atoms with E-state index in [9.17, 15) is 0 Å². The van der Waals surface area contributed by atoms with Crippen LogP contribution in [0.4, 0.5) is 0 Å². The number of aliphatic imine (C=N–C) groups is 1. The zero-order chi connectivity index (χ0) is 42.4. The van der Waals surface area contributed by atoms with Gasteiger partial charge in [-0.1, -0.05) is 72.6 Å². The van der Waals surface area contributed by atoms with Gasteiger partial charge < -0.3 is 32.7 Å². The van der Waals surface area contributed by atoms with Crippen LogP contribution in [-0.2, 0) is 29.7 Å². The van der Waals surface area contributed by atoms with E-state index in [0.717, 1.165) is 54.1 Å². The fourth-order valence-electron chi connectivity index (χ4n) is 7.81. The minimum Gasteiger partial charge on any atom is -0.491 e. The van der Waals surface area contributed by atoms with Crippen LogP contribution in [0.25, 0.3) is 0 Å². The molecule has 0 spiro atoms. The number of nitrogens with zero attached hydrogens (tertiary/aromatic N) is 2. The number of rotatable bonds is 32. The number of hydrogen-bond acceptors (Lipinski definition) is 9. The van der Waals surface area contributed by atoms with E-state index in [1.807, 2.05) is 13.8 Å². The minimum atomic E-state index is -1.29. The molecule has 57 heavy (non-hydrogen) atoms. The molecule has 0 fully saturated rings. The van der Waals surface area contributed by atoms with Gasteiger partial charge in [0.15, 0.2) is 6.40 Å². The normalized spacial score (nSPS) is 18.1. The number of benzene rings is 1. The number of ether oxygens (including phenoxy) is 5. The SMILES string of the molecule is CC/N=C/OP(OC(C)COCCOCCOCCOc1c(C)c(C)c2c(c1C)CCC(C)(CCCC(C)CCCC(C)CCCC(C)C)O2)N(C(C)C)C(C)C. The molecule has 0 amide bonds. The van der Waals surface area contributed by atoms with Crippen LogP contribution < -0.4 is 9.47 Å². The zero-order valence-electron chi connectivity index (χ0n) is 39.2. The molecule has 10 heteroatoms. The zero-order valence-corrected chi connectivity index (χ0v) is 40.1. The molecule has 0 saturated heterocycles. The van der Waals surface area contributed by atoms with Crippen LogP contribution in [0, 0.1) is 38.5 Å². The van der Waals surface area contributed by atoms with Gasteiger partial charge in [0.25, 0.3) is 0 Å². The molecule has 0 aliphatic carbocycles. The molecule has 332 valence electrons. The van der Waals surface area contributed by atoms with Gasteiger partial charge >= 0.3 is 8.53 Å². The average Bonchev–Trinajstić information content (AvgIpc) is 3.13. The Morgan fingerprint density at radius 3 is 1.88 bits per heavy atom. The standard InChI is InChI=1S/C47H87N2O7P/c1-15-48-34-54-57(49(36(4)5)37(6)7)56-40(10)33-52-30-29-50-27-28-51-31-32-53-45-41(11)42(12)46-44(43(45)13)24-26-47(14,55-46)25-18-23-39(9)22-17-21-38(8)20-16-19-35(2)3/h34-40H,15-33H2,1-14H3/b48-34+. The van der Waals surface area contributed by atoms with Gasteiger partial charge in [0.05, 0.1) is 45.7 Å². The highest BCUT2D eigenvalue weighted by Crippen LogP contribution is 2.47. The maximum Gasteiger partial charge on any atom is 0.322 e. The smallest absolute Gasteiger partial charge is 0.322 e. The second-order valence-electron chi connectivity index (χ2n) is 18.0. The van der Waals surface area contributed by atoms with E-state index in [1.54, 1.807) is 0 Å². The Labute approximate surface area is 352 Å². The first-order chi connectivity index (χ1) is 27.1. The molecular formula is C47H87N2O7P. The summed E-state index contributed by atoms with van der Waals surface area (Å²) >= 11 is 0. The Balaban J connectivity index is 1.67. The first-order valence-electron chi connectivity index (χ1n) is 22.7. The van der Waals surface area contributed by atoms with Crippen molar-refractivity contribution in [3.8, 4) is 11.5 Å². The largest absolute Gasteiger partial charge is 0.491 e. The van der Waals surface area contributed by atoms with Gasteiger partial charge in [0, 0.05) is 24.2 Å². The van der Waals surface area contributed by atoms with Crippen molar-refractivity contribution in [2.75, 3.05) is 52.8 Å². The van der Waals surface area contributed by atoms with Crippen LogP contribution in [0.2, 0.25) is 0 Å². The molecule has 9 nitrogen and oxygen atoms in total. The fraction of sp³-hybridized carbons (Fsp3) is 0.851. The summed E-state index contributed by atoms with van der Waals surface area (Å²) in [5.74, 6) is 4.55. The predicted octanol–water partition coefficient (Wildman–Crippen LogP) is 12.4. The van der Waals surface area contributed by atoms with Crippen LogP contribution in [0.15, 0.2) is 4.99 Å². The van der Waals surface area contributed by atoms with Gasteiger partial charge in [-0.25, -0.2) is 4.67 Å². The maximum atomic E-state index is 6.87. The van der Waals surface area contributed by atoms with E-state index in [2.05, 4.69) is 92.7 Å². The molecule has 1 aromatic carbocycles. The molecule has 0 radical (unpaired) electrons. The Kier molecular flexibility index (Phi) is 25.5. The fourth-order valence-corrected chi connectivity index (χ4v) is 9.35. The van der Waals surface area contributed by atoms with Gasteiger partial charge in [0.2, 0.25) is 0 Å². The summed E-state index contributed by atoms with van der Waals surface area (Å²) in [6.45, 7) is 35.1. The molecule has 0 bridgehead atoms. The predicted molar refractivity (Wildman–Crippen MR) is 240 cm³/mol. The third-order valence-corrected chi connectivity index (χ3v) is 13.4. The van der Waals surface area contributed by atoms with E-state index >= 15 is 0 Å². The third-order valence-electron chi connectivity index (χ3n) is 11.3. The van der Waals surface area contributed by atoms with E-state index in [1.165, 1.54) is 74.5 Å². The summed E-state index contributed by atoms with van der Waals surface area (Å²) < 4.78 is 45.1. The van der Waals surface area contributed by atoms with Crippen LogP contribution in [-0.4, -0.2) is 87.7 Å². The highest BCUT2D eigenvalue weighted by Gasteiger charge is 2.35. The van der Waals surface area contributed by atoms with Crippen LogP contribution >= 0.6 is 8.53 Å². The summed E-state index contributed by atoms with van der Waals surface area (Å²) in [6, 6.07) is 0.559. The Bertz CT molecular complexity index is 1250. The van der Waals surface area contributed by atoms with Gasteiger partial charge in [-0.2, -0.15) is 0 Å². The maximum absolute atomic E-state index is 6.87. The molecule has 0 saturated carbocycles. The van der Waals surface area contributed by atoms with Crippen molar-refractivity contribution in [1.29, 1.82) is 0 Å². The molecule has 5 atom stereocenters. The lowest BCUT2D eigenvalue weighted by Crippen LogP contribution is -2.37. The number of fused-ring (bicyclic) bond motifs is 1. The van der Waals surface area contributed by atoms with E-state index < -0.39 is 8.53 Å². The van der Waals surface area contributed by atoms with Gasteiger partial charge in [0.1, 0.15) is 23.7 Å². The lowest BCUT2D eigenvalue weighted by molar-refractivity contribution is -0.00588. The van der Waals surface area contributed by atoms with Crippen molar-refractivity contribution in [2.24, 2.45) is 22.7 Å². The molecule has 1 aromatic rings. The Morgan fingerprint density at radius 2 is 1.30 bits per heavy atom. The molecule has 5 unspecified atom stereocenters. The molecule has 2 rings (SSSR count). The molecule has 0 aromatic heterocycles. The van der Waals surface area contributed by atoms with Crippen molar-refractivity contribution >= 4 is 14.9 Å². The van der Waals surface area contributed by atoms with Gasteiger partial charge in [-0.15, -0.1) is 0 Å². The quantitative estimate of drug-likeness (QED) is 0.0308. The van der Waals surface area contributed by atoms with Crippen molar-refractivity contribution in [3.05, 3.63) is 22.3 Å². The highest BCUT2D eigenvalue weighted by molar-refractivity contribution is 7.45. The average molecular weight is 823 g/mol. The van der Waals surface area contributed by atoms with E-state index in [0.29, 0.717) is 52.8 Å². The van der Waals surface area contributed by atoms with Gasteiger partial charge in [-0.05, 0) is 129 Å². The summed E-state index contributed by atoms with van der Waals surface area (Å²) in [7, 11) is -1.29. The molecule has 0 N–H and O–H groups in total. The van der Waals surface area contributed by atoms with Gasteiger partial charge in [-0.3, -0.25) is 4.99 Å². The van der Waals surface area contributed by atoms with Crippen molar-refractivity contribution in [3.63, 3.8) is 0 Å². The van der Waals surface area contributed by atoms with E-state index in [4.69, 9.17) is 32.7 Å². The minimum absolute atomic E-state index is 0.106. The topological polar surface area (TPSA) is 80.2 Å². The lowest BCUT2D eigenvalue weighted by Gasteiger charge is -2.38. The molecule has 1 aliphatic rings. The van der Waals surface area contributed by atoms with Crippen LogP contribution in [0.1, 0.15) is 163 Å². The summed E-state index contributed by atoms with van der Waals surface area (Å²) in [6.07, 6.45) is 15.3. The van der Waals surface area contributed by atoms with Crippen LogP contribution in [0.3, 0.4) is 0 Å². The molecule has 1 aliphatic heterocycles. The second kappa shape index (κ2) is 28.1. The summed E-state index contributed by atoms with van der Waals surface area (Å²) in [5.41, 5.74) is 4.77. The molecular weight excluding hydrogens is 735 g/mol. The van der Waals surface area contributed by atoms with E-state index in [-0.39, 0.29) is 23.8 Å². The monoisotopic (exact) mass is 823 g/mol. The Hall–Kier alpha value is -1.48.